The average Bonchev–Trinajstić information content (AvgIpc) is 2.26. The summed E-state index contributed by atoms with van der Waals surface area (Å²) in [6.45, 7) is 13.0. The topological polar surface area (TPSA) is 36.8 Å². The van der Waals surface area contributed by atoms with Crippen LogP contribution in [0.25, 0.3) is 0 Å². The van der Waals surface area contributed by atoms with E-state index < -0.39 is 0 Å². The van der Waals surface area contributed by atoms with Gasteiger partial charge in [-0.25, -0.2) is 9.98 Å². The molecule has 0 aliphatic rings. The number of unbranched alkanes of at least 4 members (excludes halogenated alkanes) is 1. The lowest BCUT2D eigenvalue weighted by molar-refractivity contribution is 0.675. The minimum absolute atomic E-state index is 0.554. The molecule has 3 nitrogen and oxygen atoms in total. The van der Waals surface area contributed by atoms with Crippen molar-refractivity contribution >= 4 is 12.6 Å². The first kappa shape index (κ1) is 14.9. The highest BCUT2D eigenvalue weighted by atomic mass is 15.1. The van der Waals surface area contributed by atoms with E-state index in [1.54, 1.807) is 0 Å². The highest BCUT2D eigenvalue weighted by Gasteiger charge is 2.01. The highest BCUT2D eigenvalue weighted by Crippen LogP contribution is 2.05. The van der Waals surface area contributed by atoms with Gasteiger partial charge in [0.25, 0.3) is 0 Å². The minimum atomic E-state index is 0.554. The van der Waals surface area contributed by atoms with E-state index in [4.69, 9.17) is 0 Å². The Kier molecular flexibility index (Phi) is 8.49. The molecule has 0 aliphatic heterocycles. The van der Waals surface area contributed by atoms with Gasteiger partial charge >= 0.3 is 0 Å². The molecule has 0 saturated heterocycles. The molecule has 0 heterocycles. The van der Waals surface area contributed by atoms with Crippen LogP contribution in [0.3, 0.4) is 0 Å². The van der Waals surface area contributed by atoms with Gasteiger partial charge < -0.3 is 5.32 Å². The van der Waals surface area contributed by atoms with E-state index in [9.17, 15) is 0 Å². The van der Waals surface area contributed by atoms with Gasteiger partial charge in [0.2, 0.25) is 0 Å². The van der Waals surface area contributed by atoms with E-state index in [1.165, 1.54) is 6.42 Å². The first-order chi connectivity index (χ1) is 7.63. The van der Waals surface area contributed by atoms with E-state index in [0.29, 0.717) is 5.92 Å². The zero-order chi connectivity index (χ0) is 12.4. The van der Waals surface area contributed by atoms with Crippen LogP contribution in [0.15, 0.2) is 21.9 Å². The fourth-order valence-corrected chi connectivity index (χ4v) is 1.25. The van der Waals surface area contributed by atoms with Crippen LogP contribution in [-0.2, 0) is 0 Å². The van der Waals surface area contributed by atoms with Gasteiger partial charge in [0.1, 0.15) is 11.7 Å². The molecule has 16 heavy (non-hydrogen) atoms. The second kappa shape index (κ2) is 9.13. The predicted molar refractivity (Wildman–Crippen MR) is 73.1 cm³/mol. The standard InChI is InChI=1S/C13H25N3/c1-6-8-9-15-12(7-2)16-13(14-5)10-11(3)4/h7,11,15H,5-6,8-10H2,1-4H3/b12-7-,16-13?. The van der Waals surface area contributed by atoms with Crippen molar-refractivity contribution in [2.75, 3.05) is 6.54 Å². The molecular weight excluding hydrogens is 198 g/mol. The van der Waals surface area contributed by atoms with Crippen LogP contribution < -0.4 is 5.32 Å². The normalized spacial score (nSPS) is 13.1. The third-order valence-electron chi connectivity index (χ3n) is 2.13. The summed E-state index contributed by atoms with van der Waals surface area (Å²) in [4.78, 5) is 8.43. The van der Waals surface area contributed by atoms with Crippen molar-refractivity contribution in [3.05, 3.63) is 11.9 Å². The molecule has 0 aromatic rings. The molecule has 0 aliphatic carbocycles. The maximum Gasteiger partial charge on any atom is 0.130 e. The summed E-state index contributed by atoms with van der Waals surface area (Å²) < 4.78 is 0. The Bertz CT molecular complexity index is 252. The summed E-state index contributed by atoms with van der Waals surface area (Å²) in [7, 11) is 0. The largest absolute Gasteiger partial charge is 0.370 e. The second-order valence-electron chi connectivity index (χ2n) is 4.24. The molecule has 0 aromatic carbocycles. The van der Waals surface area contributed by atoms with Crippen LogP contribution in [0.5, 0.6) is 0 Å². The van der Waals surface area contributed by atoms with Crippen LogP contribution in [0.4, 0.5) is 0 Å². The summed E-state index contributed by atoms with van der Waals surface area (Å²) in [5, 5.41) is 3.29. The zero-order valence-electron chi connectivity index (χ0n) is 11.1. The third kappa shape index (κ3) is 7.21. The van der Waals surface area contributed by atoms with Crippen LogP contribution in [0, 0.1) is 5.92 Å². The molecular formula is C13H25N3. The number of nitrogens with zero attached hydrogens (tertiary/aromatic N) is 2. The molecule has 0 fully saturated rings. The smallest absolute Gasteiger partial charge is 0.130 e. The summed E-state index contributed by atoms with van der Waals surface area (Å²) in [5.41, 5.74) is 0. The lowest BCUT2D eigenvalue weighted by Gasteiger charge is -2.08. The molecule has 0 spiro atoms. The Labute approximate surface area is 99.8 Å². The summed E-state index contributed by atoms with van der Waals surface area (Å²) in [5.74, 6) is 2.27. The number of aliphatic imine (C=N–C) groups is 2. The molecule has 0 aromatic heterocycles. The average molecular weight is 223 g/mol. The van der Waals surface area contributed by atoms with Gasteiger partial charge in [0.05, 0.1) is 0 Å². The van der Waals surface area contributed by atoms with Crippen molar-refractivity contribution in [2.45, 2.75) is 47.0 Å². The van der Waals surface area contributed by atoms with Gasteiger partial charge in [0, 0.05) is 13.0 Å². The van der Waals surface area contributed by atoms with Crippen molar-refractivity contribution < 1.29 is 0 Å². The first-order valence-corrected chi connectivity index (χ1v) is 6.08. The van der Waals surface area contributed by atoms with E-state index in [1.807, 2.05) is 13.0 Å². The van der Waals surface area contributed by atoms with Crippen molar-refractivity contribution in [3.8, 4) is 0 Å². The van der Waals surface area contributed by atoms with Crippen LogP contribution in [0.1, 0.15) is 47.0 Å². The van der Waals surface area contributed by atoms with E-state index in [0.717, 1.165) is 31.0 Å². The lowest BCUT2D eigenvalue weighted by Crippen LogP contribution is -2.14. The fourth-order valence-electron chi connectivity index (χ4n) is 1.25. The van der Waals surface area contributed by atoms with E-state index >= 15 is 0 Å². The van der Waals surface area contributed by atoms with Gasteiger partial charge in [-0.1, -0.05) is 27.2 Å². The molecule has 0 atom stereocenters. The maximum absolute atomic E-state index is 4.46. The number of hydrogen-bond donors (Lipinski definition) is 1. The maximum atomic E-state index is 4.46. The van der Waals surface area contributed by atoms with Gasteiger partial charge in [-0.15, -0.1) is 0 Å². The monoisotopic (exact) mass is 223 g/mol. The molecule has 0 rings (SSSR count). The van der Waals surface area contributed by atoms with Gasteiger partial charge in [0.15, 0.2) is 0 Å². The number of nitrogens with one attached hydrogen (secondary N) is 1. The quantitative estimate of drug-likeness (QED) is 0.401. The number of hydrogen-bond acceptors (Lipinski definition) is 2. The summed E-state index contributed by atoms with van der Waals surface area (Å²) >= 11 is 0. The van der Waals surface area contributed by atoms with Crippen LogP contribution >= 0.6 is 0 Å². The van der Waals surface area contributed by atoms with Gasteiger partial charge in [-0.3, -0.25) is 0 Å². The van der Waals surface area contributed by atoms with Crippen LogP contribution in [0.2, 0.25) is 0 Å². The van der Waals surface area contributed by atoms with Crippen molar-refractivity contribution in [1.82, 2.24) is 5.32 Å². The Morgan fingerprint density at radius 1 is 1.44 bits per heavy atom. The van der Waals surface area contributed by atoms with E-state index in [-0.39, 0.29) is 0 Å². The molecule has 0 amide bonds. The second-order valence-corrected chi connectivity index (χ2v) is 4.24. The van der Waals surface area contributed by atoms with Gasteiger partial charge in [-0.05, 0) is 32.1 Å². The predicted octanol–water partition coefficient (Wildman–Crippen LogP) is 3.38. The number of allylic oxidation sites excluding steroid dienone is 1. The lowest BCUT2D eigenvalue weighted by atomic mass is 10.1. The van der Waals surface area contributed by atoms with Crippen LogP contribution in [-0.4, -0.2) is 19.1 Å². The van der Waals surface area contributed by atoms with E-state index in [2.05, 4.69) is 42.8 Å². The summed E-state index contributed by atoms with van der Waals surface area (Å²) in [6, 6.07) is 0. The Balaban J connectivity index is 4.34. The summed E-state index contributed by atoms with van der Waals surface area (Å²) in [6.07, 6.45) is 5.19. The zero-order valence-corrected chi connectivity index (χ0v) is 11.1. The Morgan fingerprint density at radius 3 is 2.56 bits per heavy atom. The third-order valence-corrected chi connectivity index (χ3v) is 2.13. The molecule has 0 saturated carbocycles. The molecule has 3 heteroatoms. The van der Waals surface area contributed by atoms with Crippen molar-refractivity contribution in [2.24, 2.45) is 15.9 Å². The highest BCUT2D eigenvalue weighted by molar-refractivity contribution is 5.87. The minimum Gasteiger partial charge on any atom is -0.370 e. The SMILES string of the molecule is C=NC(CC(C)C)=N/C(=C\C)NCCCC. The first-order valence-electron chi connectivity index (χ1n) is 6.08. The number of rotatable bonds is 7. The van der Waals surface area contributed by atoms with Gasteiger partial charge in [-0.2, -0.15) is 0 Å². The van der Waals surface area contributed by atoms with Crippen molar-refractivity contribution in [1.29, 1.82) is 0 Å². The molecule has 92 valence electrons. The molecule has 0 bridgehead atoms. The fraction of sp³-hybridized carbons (Fsp3) is 0.692. The Morgan fingerprint density at radius 2 is 2.12 bits per heavy atom. The Hall–Kier alpha value is -1.12. The van der Waals surface area contributed by atoms with Crippen molar-refractivity contribution in [3.63, 3.8) is 0 Å². The number of amidine groups is 1. The molecule has 1 N–H and O–H groups in total. The molecule has 0 radical (unpaired) electrons. The molecule has 0 unspecified atom stereocenters.